The van der Waals surface area contributed by atoms with Crippen LogP contribution in [0.3, 0.4) is 0 Å². The lowest BCUT2D eigenvalue weighted by atomic mass is 9.86. The molecule has 5 nitrogen and oxygen atoms in total. The molecule has 0 aromatic heterocycles. The molecule has 1 unspecified atom stereocenters. The molecule has 0 saturated carbocycles. The Labute approximate surface area is 147 Å². The summed E-state index contributed by atoms with van der Waals surface area (Å²) in [4.78, 5) is 11.8. The number of piperidine rings is 1. The quantitative estimate of drug-likeness (QED) is 0.752. The van der Waals surface area contributed by atoms with Crippen LogP contribution in [0.15, 0.2) is 54.6 Å². The molecule has 3 N–H and O–H groups in total. The maximum absolute atomic E-state index is 11.8. The number of benzene rings is 2. The molecule has 3 rings (SSSR count). The van der Waals surface area contributed by atoms with Gasteiger partial charge in [-0.25, -0.2) is 4.79 Å². The van der Waals surface area contributed by atoms with Crippen molar-refractivity contribution in [2.24, 2.45) is 5.92 Å². The van der Waals surface area contributed by atoms with E-state index < -0.39 is 11.6 Å². The van der Waals surface area contributed by atoms with Gasteiger partial charge in [-0.05, 0) is 49.5 Å². The van der Waals surface area contributed by atoms with E-state index in [1.165, 1.54) is 0 Å². The third kappa shape index (κ3) is 3.83. The summed E-state index contributed by atoms with van der Waals surface area (Å²) in [6, 6.07) is 15.1. The van der Waals surface area contributed by atoms with Crippen LogP contribution in [0.25, 0.3) is 0 Å². The molecule has 0 amide bonds. The number of aliphatic carboxylic acids is 1. The van der Waals surface area contributed by atoms with Crippen molar-refractivity contribution in [2.45, 2.75) is 18.4 Å². The largest absolute Gasteiger partial charge is 0.493 e. The van der Waals surface area contributed by atoms with Crippen molar-refractivity contribution in [3.05, 3.63) is 65.7 Å². The molecule has 1 saturated heterocycles. The topological polar surface area (TPSA) is 78.8 Å². The standard InChI is InChI=1S/C20H23NO4/c22-19(23)20(24,16-5-2-1-3-6-16)17-7-4-8-18(13-17)25-14-15-9-11-21-12-10-15/h1-8,13,15,21,24H,9-12,14H2,(H,22,23). The van der Waals surface area contributed by atoms with Crippen LogP contribution in [0.5, 0.6) is 5.75 Å². The van der Waals surface area contributed by atoms with E-state index in [0.717, 1.165) is 25.9 Å². The predicted molar refractivity (Wildman–Crippen MR) is 94.6 cm³/mol. The van der Waals surface area contributed by atoms with Crippen LogP contribution in [0.4, 0.5) is 0 Å². The zero-order valence-corrected chi connectivity index (χ0v) is 14.0. The summed E-state index contributed by atoms with van der Waals surface area (Å²) in [5.74, 6) is -0.238. The Morgan fingerprint density at radius 1 is 1.08 bits per heavy atom. The Bertz CT molecular complexity index is 713. The summed E-state index contributed by atoms with van der Waals surface area (Å²) in [5.41, 5.74) is -1.50. The highest BCUT2D eigenvalue weighted by Crippen LogP contribution is 2.32. The Balaban J connectivity index is 1.82. The predicted octanol–water partition coefficient (Wildman–Crippen LogP) is 2.39. The Morgan fingerprint density at radius 3 is 2.44 bits per heavy atom. The maximum Gasteiger partial charge on any atom is 0.345 e. The van der Waals surface area contributed by atoms with Crippen molar-refractivity contribution in [3.8, 4) is 5.75 Å². The summed E-state index contributed by atoms with van der Waals surface area (Å²) in [7, 11) is 0. The molecule has 1 fully saturated rings. The van der Waals surface area contributed by atoms with Crippen molar-refractivity contribution in [2.75, 3.05) is 19.7 Å². The van der Waals surface area contributed by atoms with Gasteiger partial charge in [0, 0.05) is 5.56 Å². The molecule has 1 aliphatic heterocycles. The average molecular weight is 341 g/mol. The van der Waals surface area contributed by atoms with Gasteiger partial charge in [0.1, 0.15) is 5.75 Å². The molecule has 0 radical (unpaired) electrons. The highest BCUT2D eigenvalue weighted by Gasteiger charge is 2.40. The number of carbonyl (C=O) groups is 1. The van der Waals surface area contributed by atoms with Crippen molar-refractivity contribution in [1.29, 1.82) is 0 Å². The molecule has 5 heteroatoms. The highest BCUT2D eigenvalue weighted by atomic mass is 16.5. The second-order valence-electron chi connectivity index (χ2n) is 6.41. The van der Waals surface area contributed by atoms with Crippen LogP contribution in [0.1, 0.15) is 24.0 Å². The number of nitrogens with one attached hydrogen (secondary N) is 1. The van der Waals surface area contributed by atoms with Gasteiger partial charge in [-0.15, -0.1) is 0 Å². The first-order valence-electron chi connectivity index (χ1n) is 8.56. The van der Waals surface area contributed by atoms with Crippen LogP contribution in [-0.2, 0) is 10.4 Å². The summed E-state index contributed by atoms with van der Waals surface area (Å²) in [6.45, 7) is 2.60. The monoisotopic (exact) mass is 341 g/mol. The van der Waals surface area contributed by atoms with Gasteiger partial charge < -0.3 is 20.3 Å². The smallest absolute Gasteiger partial charge is 0.345 e. The summed E-state index contributed by atoms with van der Waals surface area (Å²) in [5, 5.41) is 23.9. The lowest BCUT2D eigenvalue weighted by molar-refractivity contribution is -0.155. The number of rotatable bonds is 6. The number of carboxylic acid groups (broad SMARTS) is 1. The van der Waals surface area contributed by atoms with E-state index in [9.17, 15) is 15.0 Å². The third-order valence-corrected chi connectivity index (χ3v) is 4.70. The minimum atomic E-state index is -2.10. The maximum atomic E-state index is 11.8. The van der Waals surface area contributed by atoms with E-state index >= 15 is 0 Å². The van der Waals surface area contributed by atoms with Crippen molar-refractivity contribution in [1.82, 2.24) is 5.32 Å². The molecule has 132 valence electrons. The van der Waals surface area contributed by atoms with E-state index in [0.29, 0.717) is 23.8 Å². The molecule has 2 aromatic carbocycles. The first-order chi connectivity index (χ1) is 12.1. The van der Waals surface area contributed by atoms with E-state index in [1.54, 1.807) is 54.6 Å². The SMILES string of the molecule is O=C(O)C(O)(c1ccccc1)c1cccc(OCC2CCNCC2)c1. The second-order valence-corrected chi connectivity index (χ2v) is 6.41. The number of hydrogen-bond acceptors (Lipinski definition) is 4. The van der Waals surface area contributed by atoms with Gasteiger partial charge in [0.05, 0.1) is 6.61 Å². The van der Waals surface area contributed by atoms with E-state index in [4.69, 9.17) is 4.74 Å². The van der Waals surface area contributed by atoms with Gasteiger partial charge in [-0.1, -0.05) is 42.5 Å². The zero-order chi connectivity index (χ0) is 17.7. The van der Waals surface area contributed by atoms with Crippen LogP contribution in [-0.4, -0.2) is 35.9 Å². The Morgan fingerprint density at radius 2 is 1.76 bits per heavy atom. The van der Waals surface area contributed by atoms with Crippen LogP contribution in [0.2, 0.25) is 0 Å². The van der Waals surface area contributed by atoms with Crippen LogP contribution < -0.4 is 10.1 Å². The first kappa shape index (κ1) is 17.5. The van der Waals surface area contributed by atoms with Crippen molar-refractivity contribution >= 4 is 5.97 Å². The lowest BCUT2D eigenvalue weighted by Crippen LogP contribution is -2.36. The van der Waals surface area contributed by atoms with Gasteiger partial charge in [0.2, 0.25) is 5.60 Å². The summed E-state index contributed by atoms with van der Waals surface area (Å²) in [6.07, 6.45) is 2.14. The van der Waals surface area contributed by atoms with E-state index in [-0.39, 0.29) is 5.56 Å². The molecule has 25 heavy (non-hydrogen) atoms. The normalized spacial score (nSPS) is 17.6. The van der Waals surface area contributed by atoms with Crippen molar-refractivity contribution < 1.29 is 19.7 Å². The van der Waals surface area contributed by atoms with Gasteiger partial charge in [-0.2, -0.15) is 0 Å². The van der Waals surface area contributed by atoms with E-state index in [1.807, 2.05) is 0 Å². The average Bonchev–Trinajstić information content (AvgIpc) is 2.67. The minimum Gasteiger partial charge on any atom is -0.493 e. The molecule has 2 aromatic rings. The lowest BCUT2D eigenvalue weighted by Gasteiger charge is -2.26. The zero-order valence-electron chi connectivity index (χ0n) is 14.0. The number of ether oxygens (including phenoxy) is 1. The van der Waals surface area contributed by atoms with Crippen LogP contribution in [0, 0.1) is 5.92 Å². The fourth-order valence-electron chi connectivity index (χ4n) is 3.17. The van der Waals surface area contributed by atoms with Gasteiger partial charge in [-0.3, -0.25) is 0 Å². The Kier molecular flexibility index (Phi) is 5.36. The van der Waals surface area contributed by atoms with Gasteiger partial charge >= 0.3 is 5.97 Å². The number of aliphatic hydroxyl groups is 1. The van der Waals surface area contributed by atoms with Crippen molar-refractivity contribution in [3.63, 3.8) is 0 Å². The first-order valence-corrected chi connectivity index (χ1v) is 8.56. The summed E-state index contributed by atoms with van der Waals surface area (Å²) >= 11 is 0. The number of carboxylic acids is 1. The molecular formula is C20H23NO4. The highest BCUT2D eigenvalue weighted by molar-refractivity contribution is 5.83. The van der Waals surface area contributed by atoms with E-state index in [2.05, 4.69) is 5.32 Å². The van der Waals surface area contributed by atoms with Gasteiger partial charge in [0.25, 0.3) is 0 Å². The molecule has 1 atom stereocenters. The molecular weight excluding hydrogens is 318 g/mol. The van der Waals surface area contributed by atoms with Crippen LogP contribution >= 0.6 is 0 Å². The summed E-state index contributed by atoms with van der Waals surface area (Å²) < 4.78 is 5.87. The molecule has 1 aliphatic rings. The molecule has 0 aliphatic carbocycles. The third-order valence-electron chi connectivity index (χ3n) is 4.70. The Hall–Kier alpha value is -2.37. The number of hydrogen-bond donors (Lipinski definition) is 3. The molecule has 1 heterocycles. The molecule has 0 bridgehead atoms. The fraction of sp³-hybridized carbons (Fsp3) is 0.350. The minimum absolute atomic E-state index is 0.286. The fourth-order valence-corrected chi connectivity index (χ4v) is 3.17. The molecule has 0 spiro atoms. The second kappa shape index (κ2) is 7.68. The van der Waals surface area contributed by atoms with Gasteiger partial charge in [0.15, 0.2) is 0 Å².